The van der Waals surface area contributed by atoms with Crippen molar-refractivity contribution in [3.8, 4) is 11.3 Å². The van der Waals surface area contributed by atoms with Gasteiger partial charge in [-0.25, -0.2) is 0 Å². The summed E-state index contributed by atoms with van der Waals surface area (Å²) in [5.74, 6) is 0.124. The van der Waals surface area contributed by atoms with Crippen LogP contribution in [0.2, 0.25) is 0 Å². The number of aromatic nitrogens is 1. The van der Waals surface area contributed by atoms with E-state index in [0.717, 1.165) is 31.2 Å². The van der Waals surface area contributed by atoms with Crippen LogP contribution >= 0.6 is 0 Å². The van der Waals surface area contributed by atoms with Crippen LogP contribution in [0.3, 0.4) is 0 Å². The maximum Gasteiger partial charge on any atom is 0.290 e. The molecule has 5 heteroatoms. The number of aliphatic hydroxyl groups excluding tert-OH is 1. The van der Waals surface area contributed by atoms with Gasteiger partial charge >= 0.3 is 0 Å². The van der Waals surface area contributed by atoms with Crippen molar-refractivity contribution in [2.75, 3.05) is 6.54 Å². The van der Waals surface area contributed by atoms with Gasteiger partial charge in [-0.1, -0.05) is 48.3 Å². The molecule has 2 aromatic rings. The van der Waals surface area contributed by atoms with Gasteiger partial charge in [-0.05, 0) is 18.8 Å². The van der Waals surface area contributed by atoms with Gasteiger partial charge in [0.05, 0.1) is 6.10 Å². The molecule has 0 radical (unpaired) electrons. The van der Waals surface area contributed by atoms with Crippen molar-refractivity contribution in [2.24, 2.45) is 5.92 Å². The van der Waals surface area contributed by atoms with Gasteiger partial charge in [0.15, 0.2) is 0 Å². The van der Waals surface area contributed by atoms with Crippen molar-refractivity contribution in [3.05, 3.63) is 42.2 Å². The van der Waals surface area contributed by atoms with Crippen molar-refractivity contribution in [3.63, 3.8) is 0 Å². The largest absolute Gasteiger partial charge is 0.391 e. The van der Waals surface area contributed by atoms with Crippen LogP contribution in [-0.4, -0.2) is 28.8 Å². The number of carbonyl (C=O) groups is 1. The molecule has 22 heavy (non-hydrogen) atoms. The maximum atomic E-state index is 12.1. The lowest BCUT2D eigenvalue weighted by Gasteiger charge is -2.17. The van der Waals surface area contributed by atoms with E-state index < -0.39 is 6.10 Å². The molecule has 1 saturated carbocycles. The first-order valence-corrected chi connectivity index (χ1v) is 7.72. The highest BCUT2D eigenvalue weighted by molar-refractivity contribution is 5.92. The topological polar surface area (TPSA) is 75.4 Å². The number of aliphatic hydroxyl groups is 1. The zero-order chi connectivity index (χ0) is 15.4. The van der Waals surface area contributed by atoms with Gasteiger partial charge in [-0.15, -0.1) is 0 Å². The number of hydrogen-bond donors (Lipinski definition) is 2. The minimum atomic E-state index is -0.483. The summed E-state index contributed by atoms with van der Waals surface area (Å²) in [4.78, 5) is 12.1. The normalized spacial score (nSPS) is 16.6. The Morgan fingerprint density at radius 1 is 1.32 bits per heavy atom. The number of rotatable bonds is 5. The molecule has 3 rings (SSSR count). The first kappa shape index (κ1) is 14.8. The van der Waals surface area contributed by atoms with Crippen LogP contribution in [0.4, 0.5) is 0 Å². The third kappa shape index (κ3) is 3.36. The average molecular weight is 300 g/mol. The van der Waals surface area contributed by atoms with E-state index in [1.165, 1.54) is 0 Å². The van der Waals surface area contributed by atoms with Gasteiger partial charge in [0.2, 0.25) is 5.76 Å². The van der Waals surface area contributed by atoms with Crippen LogP contribution in [0.1, 0.15) is 36.2 Å². The number of hydrogen-bond acceptors (Lipinski definition) is 4. The Bertz CT molecular complexity index is 618. The standard InChI is InChI=1S/C17H20N2O3/c20-15(13-8-4-5-9-13)11-18-17(21)16-10-14(19-22-16)12-6-2-1-3-7-12/h1-3,6-7,10,13,15,20H,4-5,8-9,11H2,(H,18,21). The van der Waals surface area contributed by atoms with Crippen LogP contribution < -0.4 is 5.32 Å². The van der Waals surface area contributed by atoms with Gasteiger partial charge < -0.3 is 14.9 Å². The van der Waals surface area contributed by atoms with Crippen LogP contribution in [-0.2, 0) is 0 Å². The van der Waals surface area contributed by atoms with Crippen molar-refractivity contribution < 1.29 is 14.4 Å². The Morgan fingerprint density at radius 2 is 2.05 bits per heavy atom. The molecular weight excluding hydrogens is 280 g/mol. The highest BCUT2D eigenvalue weighted by Gasteiger charge is 2.24. The fraction of sp³-hybridized carbons (Fsp3) is 0.412. The van der Waals surface area contributed by atoms with Crippen LogP contribution in [0.25, 0.3) is 11.3 Å². The Hall–Kier alpha value is -2.14. The van der Waals surface area contributed by atoms with Gasteiger partial charge in [-0.3, -0.25) is 4.79 Å². The van der Waals surface area contributed by atoms with E-state index in [1.807, 2.05) is 30.3 Å². The molecule has 1 aromatic heterocycles. The second-order valence-corrected chi connectivity index (χ2v) is 5.76. The smallest absolute Gasteiger partial charge is 0.290 e. The highest BCUT2D eigenvalue weighted by Crippen LogP contribution is 2.27. The third-order valence-corrected chi connectivity index (χ3v) is 4.22. The molecule has 1 unspecified atom stereocenters. The Labute approximate surface area is 129 Å². The summed E-state index contributed by atoms with van der Waals surface area (Å²) in [5, 5.41) is 16.7. The number of carbonyl (C=O) groups excluding carboxylic acids is 1. The predicted molar refractivity (Wildman–Crippen MR) is 82.2 cm³/mol. The van der Waals surface area contributed by atoms with Crippen LogP contribution in [0.15, 0.2) is 40.9 Å². The van der Waals surface area contributed by atoms with Crippen molar-refractivity contribution >= 4 is 5.91 Å². The van der Waals surface area contributed by atoms with E-state index in [2.05, 4.69) is 10.5 Å². The lowest BCUT2D eigenvalue weighted by Crippen LogP contribution is -2.35. The molecule has 1 heterocycles. The van der Waals surface area contributed by atoms with E-state index in [-0.39, 0.29) is 18.2 Å². The first-order chi connectivity index (χ1) is 10.7. The molecule has 0 aliphatic heterocycles. The number of benzene rings is 1. The minimum absolute atomic E-state index is 0.164. The van der Waals surface area contributed by atoms with Crippen LogP contribution in [0, 0.1) is 5.92 Å². The molecule has 116 valence electrons. The zero-order valence-electron chi connectivity index (χ0n) is 12.4. The summed E-state index contributed by atoms with van der Waals surface area (Å²) >= 11 is 0. The van der Waals surface area contributed by atoms with Crippen molar-refractivity contribution in [1.29, 1.82) is 0 Å². The fourth-order valence-corrected chi connectivity index (χ4v) is 2.92. The van der Waals surface area contributed by atoms with Gasteiger partial charge in [0.25, 0.3) is 5.91 Å². The molecule has 0 saturated heterocycles. The van der Waals surface area contributed by atoms with E-state index >= 15 is 0 Å². The monoisotopic (exact) mass is 300 g/mol. The minimum Gasteiger partial charge on any atom is -0.391 e. The molecule has 1 atom stereocenters. The average Bonchev–Trinajstić information content (AvgIpc) is 3.24. The van der Waals surface area contributed by atoms with Crippen LogP contribution in [0.5, 0.6) is 0 Å². The molecule has 5 nitrogen and oxygen atoms in total. The summed E-state index contributed by atoms with van der Waals surface area (Å²) in [6.07, 6.45) is 3.92. The lowest BCUT2D eigenvalue weighted by molar-refractivity contribution is 0.0811. The van der Waals surface area contributed by atoms with E-state index in [4.69, 9.17) is 4.52 Å². The SMILES string of the molecule is O=C(NCC(O)C1CCCC1)c1cc(-c2ccccc2)no1. The number of nitrogens with zero attached hydrogens (tertiary/aromatic N) is 1. The first-order valence-electron chi connectivity index (χ1n) is 7.72. The summed E-state index contributed by atoms with van der Waals surface area (Å²) in [5.41, 5.74) is 1.53. The molecule has 1 fully saturated rings. The molecule has 0 spiro atoms. The van der Waals surface area contributed by atoms with E-state index in [9.17, 15) is 9.90 Å². The summed E-state index contributed by atoms with van der Waals surface area (Å²) in [6.45, 7) is 0.255. The molecule has 1 amide bonds. The quantitative estimate of drug-likeness (QED) is 0.890. The summed E-state index contributed by atoms with van der Waals surface area (Å²) in [7, 11) is 0. The second kappa shape index (κ2) is 6.75. The molecule has 1 aliphatic rings. The molecule has 2 N–H and O–H groups in total. The fourth-order valence-electron chi connectivity index (χ4n) is 2.92. The van der Waals surface area contributed by atoms with E-state index in [1.54, 1.807) is 6.07 Å². The molecule has 0 bridgehead atoms. The number of amides is 1. The van der Waals surface area contributed by atoms with Gasteiger partial charge in [0.1, 0.15) is 5.69 Å². The maximum absolute atomic E-state index is 12.1. The third-order valence-electron chi connectivity index (χ3n) is 4.22. The number of nitrogens with one attached hydrogen (secondary N) is 1. The van der Waals surface area contributed by atoms with Gasteiger partial charge in [-0.2, -0.15) is 0 Å². The van der Waals surface area contributed by atoms with Crippen molar-refractivity contribution in [1.82, 2.24) is 10.5 Å². The molecule has 1 aromatic carbocycles. The second-order valence-electron chi connectivity index (χ2n) is 5.76. The lowest BCUT2D eigenvalue weighted by atomic mass is 10.0. The zero-order valence-corrected chi connectivity index (χ0v) is 12.4. The Kier molecular flexibility index (Phi) is 4.53. The highest BCUT2D eigenvalue weighted by atomic mass is 16.5. The van der Waals surface area contributed by atoms with Gasteiger partial charge in [0, 0.05) is 18.2 Å². The molecule has 1 aliphatic carbocycles. The summed E-state index contributed by atoms with van der Waals surface area (Å²) < 4.78 is 5.09. The molecular formula is C17H20N2O3. The van der Waals surface area contributed by atoms with Crippen molar-refractivity contribution in [2.45, 2.75) is 31.8 Å². The predicted octanol–water partition coefficient (Wildman–Crippen LogP) is 2.62. The van der Waals surface area contributed by atoms with E-state index in [0.29, 0.717) is 11.6 Å². The summed E-state index contributed by atoms with van der Waals surface area (Å²) in [6, 6.07) is 11.2. The Morgan fingerprint density at radius 3 is 2.77 bits per heavy atom. The Balaban J connectivity index is 1.57.